The lowest BCUT2D eigenvalue weighted by Gasteiger charge is -2.11. The Morgan fingerprint density at radius 1 is 0.818 bits per heavy atom. The molecule has 2 amide bonds. The molecule has 172 valence electrons. The molecule has 0 bridgehead atoms. The fourth-order valence-corrected chi connectivity index (χ4v) is 3.12. The number of carbonyl (C=O) groups excluding carboxylic acids is 2. The molecule has 0 atom stereocenters. The monoisotopic (exact) mass is 445 g/mol. The van der Waals surface area contributed by atoms with Crippen LogP contribution in [0.25, 0.3) is 0 Å². The van der Waals surface area contributed by atoms with Crippen LogP contribution in [0.1, 0.15) is 25.8 Å². The van der Waals surface area contributed by atoms with E-state index >= 15 is 0 Å². The van der Waals surface area contributed by atoms with Crippen molar-refractivity contribution in [2.24, 2.45) is 5.92 Å². The third-order valence-electron chi connectivity index (χ3n) is 4.97. The quantitative estimate of drug-likeness (QED) is 0.348. The first-order chi connectivity index (χ1) is 16.0. The zero-order valence-corrected chi connectivity index (χ0v) is 19.1. The van der Waals surface area contributed by atoms with Crippen molar-refractivity contribution in [1.29, 1.82) is 0 Å². The summed E-state index contributed by atoms with van der Waals surface area (Å²) >= 11 is 0. The van der Waals surface area contributed by atoms with Gasteiger partial charge in [0, 0.05) is 29.0 Å². The third kappa shape index (κ3) is 8.33. The van der Waals surface area contributed by atoms with Gasteiger partial charge in [0.1, 0.15) is 5.75 Å². The Bertz CT molecular complexity index is 1030. The van der Waals surface area contributed by atoms with Crippen molar-refractivity contribution >= 4 is 28.9 Å². The van der Waals surface area contributed by atoms with Crippen LogP contribution < -0.4 is 20.7 Å². The molecule has 0 aromatic heterocycles. The van der Waals surface area contributed by atoms with Crippen molar-refractivity contribution in [2.45, 2.75) is 26.7 Å². The minimum absolute atomic E-state index is 0.0432. The van der Waals surface area contributed by atoms with Crippen molar-refractivity contribution in [1.82, 2.24) is 0 Å². The molecule has 0 fully saturated rings. The zero-order chi connectivity index (χ0) is 23.5. The molecule has 3 N–H and O–H groups in total. The summed E-state index contributed by atoms with van der Waals surface area (Å²) < 4.78 is 5.85. The number of rotatable bonds is 11. The minimum Gasteiger partial charge on any atom is -0.494 e. The van der Waals surface area contributed by atoms with E-state index in [1.165, 1.54) is 5.56 Å². The van der Waals surface area contributed by atoms with Crippen LogP contribution >= 0.6 is 0 Å². The van der Waals surface area contributed by atoms with Gasteiger partial charge in [0.2, 0.25) is 11.8 Å². The highest BCUT2D eigenvalue weighted by atomic mass is 16.5. The first-order valence-corrected chi connectivity index (χ1v) is 11.2. The summed E-state index contributed by atoms with van der Waals surface area (Å²) in [4.78, 5) is 24.0. The maximum atomic E-state index is 12.3. The molecular weight excluding hydrogens is 414 g/mol. The Hall–Kier alpha value is -3.80. The highest BCUT2D eigenvalue weighted by Crippen LogP contribution is 2.18. The summed E-state index contributed by atoms with van der Waals surface area (Å²) in [5, 5.41) is 8.79. The van der Waals surface area contributed by atoms with Gasteiger partial charge in [-0.15, -0.1) is 0 Å². The maximum absolute atomic E-state index is 12.3. The van der Waals surface area contributed by atoms with Crippen LogP contribution in [-0.4, -0.2) is 25.0 Å². The van der Waals surface area contributed by atoms with Crippen molar-refractivity contribution in [3.05, 3.63) is 84.4 Å². The summed E-state index contributed by atoms with van der Waals surface area (Å²) in [5.74, 6) is 0.475. The Morgan fingerprint density at radius 3 is 2.21 bits per heavy atom. The smallest absolute Gasteiger partial charge is 0.243 e. The van der Waals surface area contributed by atoms with Gasteiger partial charge in [0.15, 0.2) is 0 Å². The van der Waals surface area contributed by atoms with E-state index in [0.29, 0.717) is 18.0 Å². The number of carbonyl (C=O) groups is 2. The molecule has 0 unspecified atom stereocenters. The van der Waals surface area contributed by atoms with Gasteiger partial charge in [0.05, 0.1) is 13.2 Å². The standard InChI is InChI=1S/C27H31N3O3/c1-20(2)27(32)30-23-15-13-22(14-16-23)29-26(31)19-28-24-11-6-12-25(18-24)33-17-7-10-21-8-4-3-5-9-21/h3-6,8-9,11-16,18,20,28H,7,10,17,19H2,1-2H3,(H,29,31)(H,30,32). The van der Waals surface area contributed by atoms with E-state index in [-0.39, 0.29) is 24.3 Å². The normalized spacial score (nSPS) is 10.5. The largest absolute Gasteiger partial charge is 0.494 e. The van der Waals surface area contributed by atoms with Gasteiger partial charge in [0.25, 0.3) is 0 Å². The van der Waals surface area contributed by atoms with E-state index in [1.807, 2.05) is 56.3 Å². The maximum Gasteiger partial charge on any atom is 0.243 e. The molecule has 0 radical (unpaired) electrons. The third-order valence-corrected chi connectivity index (χ3v) is 4.97. The first-order valence-electron chi connectivity index (χ1n) is 11.2. The number of ether oxygens (including phenoxy) is 1. The van der Waals surface area contributed by atoms with Crippen LogP contribution in [0.3, 0.4) is 0 Å². The van der Waals surface area contributed by atoms with Crippen LogP contribution in [-0.2, 0) is 16.0 Å². The van der Waals surface area contributed by atoms with Gasteiger partial charge >= 0.3 is 0 Å². The van der Waals surface area contributed by atoms with Gasteiger partial charge in [-0.2, -0.15) is 0 Å². The summed E-state index contributed by atoms with van der Waals surface area (Å²) in [7, 11) is 0. The van der Waals surface area contributed by atoms with Crippen molar-refractivity contribution in [3.63, 3.8) is 0 Å². The van der Waals surface area contributed by atoms with E-state index in [0.717, 1.165) is 24.3 Å². The van der Waals surface area contributed by atoms with Gasteiger partial charge < -0.3 is 20.7 Å². The van der Waals surface area contributed by atoms with E-state index in [1.54, 1.807) is 24.3 Å². The summed E-state index contributed by atoms with van der Waals surface area (Å²) in [6.45, 7) is 4.44. The molecular formula is C27H31N3O3. The lowest BCUT2D eigenvalue weighted by molar-refractivity contribution is -0.119. The molecule has 6 nitrogen and oxygen atoms in total. The molecule has 6 heteroatoms. The van der Waals surface area contributed by atoms with Crippen LogP contribution in [0, 0.1) is 5.92 Å². The SMILES string of the molecule is CC(C)C(=O)Nc1ccc(NC(=O)CNc2cccc(OCCCc3ccccc3)c2)cc1. The molecule has 33 heavy (non-hydrogen) atoms. The fraction of sp³-hybridized carbons (Fsp3) is 0.259. The molecule has 0 heterocycles. The highest BCUT2D eigenvalue weighted by molar-refractivity contribution is 5.95. The zero-order valence-electron chi connectivity index (χ0n) is 19.1. The predicted molar refractivity (Wildman–Crippen MR) is 134 cm³/mol. The number of amides is 2. The van der Waals surface area contributed by atoms with Crippen LogP contribution in [0.15, 0.2) is 78.9 Å². The summed E-state index contributed by atoms with van der Waals surface area (Å²) in [6.07, 6.45) is 1.91. The minimum atomic E-state index is -0.164. The van der Waals surface area contributed by atoms with Crippen molar-refractivity contribution < 1.29 is 14.3 Å². The van der Waals surface area contributed by atoms with Gasteiger partial charge in [-0.25, -0.2) is 0 Å². The Labute approximate surface area is 195 Å². The summed E-state index contributed by atoms with van der Waals surface area (Å²) in [6, 6.07) is 25.0. The molecule has 0 aliphatic carbocycles. The second-order valence-corrected chi connectivity index (χ2v) is 8.09. The number of nitrogens with one attached hydrogen (secondary N) is 3. The molecule has 0 spiro atoms. The number of aryl methyl sites for hydroxylation is 1. The molecule has 0 aliphatic heterocycles. The highest BCUT2D eigenvalue weighted by Gasteiger charge is 2.08. The Morgan fingerprint density at radius 2 is 1.52 bits per heavy atom. The molecule has 0 saturated carbocycles. The van der Waals surface area contributed by atoms with Crippen LogP contribution in [0.2, 0.25) is 0 Å². The van der Waals surface area contributed by atoms with Gasteiger partial charge in [-0.1, -0.05) is 50.2 Å². The lowest BCUT2D eigenvalue weighted by atomic mass is 10.1. The van der Waals surface area contributed by atoms with Gasteiger partial charge in [-0.05, 0) is 54.8 Å². The molecule has 3 aromatic rings. The lowest BCUT2D eigenvalue weighted by Crippen LogP contribution is -2.21. The van der Waals surface area contributed by atoms with E-state index < -0.39 is 0 Å². The average Bonchev–Trinajstić information content (AvgIpc) is 2.83. The average molecular weight is 446 g/mol. The Kier molecular flexibility index (Phi) is 8.88. The molecule has 3 aromatic carbocycles. The van der Waals surface area contributed by atoms with E-state index in [2.05, 4.69) is 28.1 Å². The number of hydrogen-bond acceptors (Lipinski definition) is 4. The fourth-order valence-electron chi connectivity index (χ4n) is 3.12. The molecule has 3 rings (SSSR count). The molecule has 0 aliphatic rings. The number of benzene rings is 3. The number of anilines is 3. The van der Waals surface area contributed by atoms with Crippen molar-refractivity contribution in [3.8, 4) is 5.75 Å². The van der Waals surface area contributed by atoms with Crippen LogP contribution in [0.5, 0.6) is 5.75 Å². The van der Waals surface area contributed by atoms with E-state index in [9.17, 15) is 9.59 Å². The van der Waals surface area contributed by atoms with Gasteiger partial charge in [-0.3, -0.25) is 9.59 Å². The topological polar surface area (TPSA) is 79.5 Å². The van der Waals surface area contributed by atoms with Crippen LogP contribution in [0.4, 0.5) is 17.1 Å². The van der Waals surface area contributed by atoms with Crippen molar-refractivity contribution in [2.75, 3.05) is 29.1 Å². The van der Waals surface area contributed by atoms with E-state index in [4.69, 9.17) is 4.74 Å². The first kappa shape index (κ1) is 23.9. The Balaban J connectivity index is 1.40. The molecule has 0 saturated heterocycles. The predicted octanol–water partition coefficient (Wildman–Crippen LogP) is 5.34. The summed E-state index contributed by atoms with van der Waals surface area (Å²) in [5.41, 5.74) is 3.49. The second-order valence-electron chi connectivity index (χ2n) is 8.09. The number of hydrogen-bond donors (Lipinski definition) is 3. The second kappa shape index (κ2) is 12.3.